The summed E-state index contributed by atoms with van der Waals surface area (Å²) in [5.74, 6) is 0.264. The second-order valence-electron chi connectivity index (χ2n) is 5.55. The number of amides is 1. The van der Waals surface area contributed by atoms with Crippen molar-refractivity contribution in [3.8, 4) is 5.75 Å². The summed E-state index contributed by atoms with van der Waals surface area (Å²) in [6.45, 7) is 2.39. The number of hydrogen-bond acceptors (Lipinski definition) is 4. The lowest BCUT2D eigenvalue weighted by atomic mass is 10.2. The molecule has 0 radical (unpaired) electrons. The highest BCUT2D eigenvalue weighted by molar-refractivity contribution is 9.11. The fourth-order valence-corrected chi connectivity index (χ4v) is 5.11. The van der Waals surface area contributed by atoms with Crippen LogP contribution in [0.5, 0.6) is 5.75 Å². The van der Waals surface area contributed by atoms with Gasteiger partial charge < -0.3 is 4.74 Å². The third-order valence-electron chi connectivity index (χ3n) is 3.78. The maximum Gasteiger partial charge on any atom is 0.266 e. The average Bonchev–Trinajstić information content (AvgIpc) is 2.91. The summed E-state index contributed by atoms with van der Waals surface area (Å²) in [7, 11) is 1.59. The van der Waals surface area contributed by atoms with Crippen LogP contribution in [-0.4, -0.2) is 29.6 Å². The van der Waals surface area contributed by atoms with E-state index >= 15 is 0 Å². The first kappa shape index (κ1) is 20.1. The van der Waals surface area contributed by atoms with Crippen molar-refractivity contribution >= 4 is 66.5 Å². The molecule has 1 saturated heterocycles. The molecule has 0 spiro atoms. The molecular weight excluding hydrogens is 499 g/mol. The Balaban J connectivity index is 1.94. The van der Waals surface area contributed by atoms with Crippen LogP contribution >= 0.6 is 43.6 Å². The molecule has 2 aromatic carbocycles. The quantitative estimate of drug-likeness (QED) is 0.472. The highest BCUT2D eigenvalue weighted by Gasteiger charge is 2.32. The van der Waals surface area contributed by atoms with Crippen molar-refractivity contribution in [1.82, 2.24) is 4.90 Å². The summed E-state index contributed by atoms with van der Waals surface area (Å²) in [6, 6.07) is 9.63. The van der Waals surface area contributed by atoms with E-state index in [1.165, 1.54) is 23.9 Å². The third kappa shape index (κ3) is 4.44. The van der Waals surface area contributed by atoms with Gasteiger partial charge in [-0.1, -0.05) is 0 Å². The number of likely N-dealkylation sites (N-methyl/N-ethyl adjacent to an activating group) is 1. The number of amidine groups is 1. The van der Waals surface area contributed by atoms with Gasteiger partial charge in [0.2, 0.25) is 0 Å². The zero-order valence-corrected chi connectivity index (χ0v) is 18.5. The van der Waals surface area contributed by atoms with Crippen LogP contribution in [0, 0.1) is 5.82 Å². The Hall–Kier alpha value is -1.64. The van der Waals surface area contributed by atoms with Crippen LogP contribution < -0.4 is 4.74 Å². The zero-order chi connectivity index (χ0) is 19.6. The van der Waals surface area contributed by atoms with E-state index in [9.17, 15) is 9.18 Å². The van der Waals surface area contributed by atoms with E-state index in [0.29, 0.717) is 28.1 Å². The van der Waals surface area contributed by atoms with Gasteiger partial charge in [0.15, 0.2) is 5.17 Å². The lowest BCUT2D eigenvalue weighted by Crippen LogP contribution is -2.28. The van der Waals surface area contributed by atoms with Crippen LogP contribution in [0.3, 0.4) is 0 Å². The first-order valence-electron chi connectivity index (χ1n) is 8.01. The van der Waals surface area contributed by atoms with Crippen molar-refractivity contribution in [3.05, 3.63) is 61.6 Å². The van der Waals surface area contributed by atoms with Crippen LogP contribution in [0.4, 0.5) is 10.1 Å². The number of nitrogens with zero attached hydrogens (tertiary/aromatic N) is 2. The number of thioether (sulfide) groups is 1. The van der Waals surface area contributed by atoms with E-state index in [1.807, 2.05) is 25.1 Å². The summed E-state index contributed by atoms with van der Waals surface area (Å²) >= 11 is 8.24. The fourth-order valence-electron chi connectivity index (χ4n) is 2.51. The smallest absolute Gasteiger partial charge is 0.266 e. The van der Waals surface area contributed by atoms with Crippen LogP contribution in [-0.2, 0) is 4.79 Å². The summed E-state index contributed by atoms with van der Waals surface area (Å²) in [5.41, 5.74) is 1.45. The maximum atomic E-state index is 13.1. The molecular formula is C19H15Br2FN2O2S. The van der Waals surface area contributed by atoms with E-state index in [0.717, 1.165) is 14.5 Å². The lowest BCUT2D eigenvalue weighted by Gasteiger charge is -2.12. The predicted molar refractivity (Wildman–Crippen MR) is 115 cm³/mol. The second-order valence-corrected chi connectivity index (χ2v) is 8.27. The normalized spacial score (nSPS) is 17.2. The minimum Gasteiger partial charge on any atom is -0.494 e. The van der Waals surface area contributed by atoms with E-state index in [1.54, 1.807) is 24.1 Å². The SMILES string of the molecule is CCN1C(=O)/C(=C\c2cc(Br)c(OC)c(Br)c2)SC1=Nc1ccc(F)cc1. The van der Waals surface area contributed by atoms with E-state index in [2.05, 4.69) is 36.9 Å². The Morgan fingerprint density at radius 1 is 1.22 bits per heavy atom. The molecule has 2 aromatic rings. The third-order valence-corrected chi connectivity index (χ3v) is 5.96. The fraction of sp³-hybridized carbons (Fsp3) is 0.158. The van der Waals surface area contributed by atoms with Crippen molar-refractivity contribution in [2.24, 2.45) is 4.99 Å². The molecule has 1 aliphatic heterocycles. The number of hydrogen-bond donors (Lipinski definition) is 0. The molecule has 0 atom stereocenters. The standard InChI is InChI=1S/C19H15Br2FN2O2S/c1-3-24-18(25)16(10-11-8-14(20)17(26-2)15(21)9-11)27-19(24)23-13-6-4-12(22)5-7-13/h4-10H,3H2,1-2H3/b16-10+,23-19?. The van der Waals surface area contributed by atoms with Gasteiger partial charge in [0.05, 0.1) is 26.6 Å². The topological polar surface area (TPSA) is 41.9 Å². The number of carbonyl (C=O) groups is 1. The molecule has 1 amide bonds. The van der Waals surface area contributed by atoms with Crippen LogP contribution in [0.1, 0.15) is 12.5 Å². The molecule has 140 valence electrons. The first-order valence-corrected chi connectivity index (χ1v) is 10.4. The molecule has 0 aliphatic carbocycles. The number of methoxy groups -OCH3 is 1. The summed E-state index contributed by atoms with van der Waals surface area (Å²) in [4.78, 5) is 19.4. The molecule has 0 unspecified atom stereocenters. The molecule has 1 heterocycles. The second kappa shape index (κ2) is 8.58. The Bertz CT molecular complexity index is 922. The number of ether oxygens (including phenoxy) is 1. The van der Waals surface area contributed by atoms with Crippen molar-refractivity contribution in [2.75, 3.05) is 13.7 Å². The van der Waals surface area contributed by atoms with Crippen molar-refractivity contribution in [1.29, 1.82) is 0 Å². The number of benzene rings is 2. The monoisotopic (exact) mass is 512 g/mol. The molecule has 0 N–H and O–H groups in total. The molecule has 1 aliphatic rings. The maximum absolute atomic E-state index is 13.1. The van der Waals surface area contributed by atoms with E-state index in [-0.39, 0.29) is 11.7 Å². The van der Waals surface area contributed by atoms with Crippen LogP contribution in [0.15, 0.2) is 55.2 Å². The van der Waals surface area contributed by atoms with Crippen molar-refractivity contribution < 1.29 is 13.9 Å². The van der Waals surface area contributed by atoms with Gasteiger partial charge in [-0.3, -0.25) is 9.69 Å². The largest absolute Gasteiger partial charge is 0.494 e. The van der Waals surface area contributed by atoms with Crippen molar-refractivity contribution in [2.45, 2.75) is 6.92 Å². The number of rotatable bonds is 4. The average molecular weight is 514 g/mol. The van der Waals surface area contributed by atoms with Crippen molar-refractivity contribution in [3.63, 3.8) is 0 Å². The lowest BCUT2D eigenvalue weighted by molar-refractivity contribution is -0.122. The molecule has 0 saturated carbocycles. The highest BCUT2D eigenvalue weighted by Crippen LogP contribution is 2.38. The summed E-state index contributed by atoms with van der Waals surface area (Å²) in [5, 5.41) is 0.576. The zero-order valence-electron chi connectivity index (χ0n) is 14.5. The van der Waals surface area contributed by atoms with Gasteiger partial charge >= 0.3 is 0 Å². The van der Waals surface area contributed by atoms with Gasteiger partial charge in [0.25, 0.3) is 5.91 Å². The first-order chi connectivity index (χ1) is 12.9. The number of carbonyl (C=O) groups excluding carboxylic acids is 1. The Morgan fingerprint density at radius 2 is 1.85 bits per heavy atom. The summed E-state index contributed by atoms with van der Waals surface area (Å²) in [6.07, 6.45) is 1.82. The minimum atomic E-state index is -0.322. The molecule has 0 bridgehead atoms. The predicted octanol–water partition coefficient (Wildman–Crippen LogP) is 5.98. The molecule has 8 heteroatoms. The Labute approximate surface area is 177 Å². The minimum absolute atomic E-state index is 0.105. The van der Waals surface area contributed by atoms with Crippen LogP contribution in [0.2, 0.25) is 0 Å². The van der Waals surface area contributed by atoms with Gasteiger partial charge in [-0.05, 0) is 98.6 Å². The number of aliphatic imine (C=N–C) groups is 1. The Kier molecular flexibility index (Phi) is 6.39. The van der Waals surface area contributed by atoms with Gasteiger partial charge in [-0.2, -0.15) is 0 Å². The van der Waals surface area contributed by atoms with Crippen LogP contribution in [0.25, 0.3) is 6.08 Å². The van der Waals surface area contributed by atoms with E-state index < -0.39 is 0 Å². The van der Waals surface area contributed by atoms with Gasteiger partial charge in [0, 0.05) is 6.54 Å². The molecule has 3 rings (SSSR count). The molecule has 0 aromatic heterocycles. The highest BCUT2D eigenvalue weighted by atomic mass is 79.9. The van der Waals surface area contributed by atoms with E-state index in [4.69, 9.17) is 4.74 Å². The Morgan fingerprint density at radius 3 is 2.41 bits per heavy atom. The van der Waals surface area contributed by atoms with Gasteiger partial charge in [-0.15, -0.1) is 0 Å². The molecule has 27 heavy (non-hydrogen) atoms. The number of halogens is 3. The molecule has 4 nitrogen and oxygen atoms in total. The van der Waals surface area contributed by atoms with Gasteiger partial charge in [0.1, 0.15) is 11.6 Å². The summed E-state index contributed by atoms with van der Waals surface area (Å²) < 4.78 is 20.0. The molecule has 1 fully saturated rings. The van der Waals surface area contributed by atoms with Gasteiger partial charge in [-0.25, -0.2) is 9.38 Å².